The molecule has 1 heterocycles. The summed E-state index contributed by atoms with van der Waals surface area (Å²) in [6.07, 6.45) is -0.0703. The number of rotatable bonds is 3. The van der Waals surface area contributed by atoms with Crippen molar-refractivity contribution in [1.29, 1.82) is 5.26 Å². The Bertz CT molecular complexity index is 793. The third-order valence-corrected chi connectivity index (χ3v) is 4.32. The Kier molecular flexibility index (Phi) is 2.97. The molecule has 0 saturated heterocycles. The minimum absolute atomic E-state index is 0.0552. The maximum Gasteiger partial charge on any atom is 0.419 e. The fraction of sp³-hybridized carbons (Fsp3) is 0.273. The fourth-order valence-electron chi connectivity index (χ4n) is 1.61. The minimum atomic E-state index is -3.51. The van der Waals surface area contributed by atoms with Gasteiger partial charge in [-0.25, -0.2) is 13.2 Å². The number of sulfone groups is 1. The zero-order valence-electron chi connectivity index (χ0n) is 9.58. The molecule has 0 aliphatic carbocycles. The van der Waals surface area contributed by atoms with Crippen LogP contribution in [-0.2, 0) is 16.9 Å². The topological polar surface area (TPSA) is 93.1 Å². The first kappa shape index (κ1) is 12.4. The first-order valence-corrected chi connectivity index (χ1v) is 6.80. The number of benzene rings is 1. The van der Waals surface area contributed by atoms with E-state index in [-0.39, 0.29) is 22.7 Å². The zero-order valence-corrected chi connectivity index (χ0v) is 10.4. The molecule has 0 fully saturated rings. The van der Waals surface area contributed by atoms with Crippen LogP contribution in [0.3, 0.4) is 0 Å². The summed E-state index contributed by atoms with van der Waals surface area (Å²) in [6.45, 7) is 0. The molecule has 0 aliphatic heterocycles. The molecule has 94 valence electrons. The number of hydrogen-bond donors (Lipinski definition) is 0. The van der Waals surface area contributed by atoms with Gasteiger partial charge in [-0.15, -0.1) is 0 Å². The average molecular weight is 266 g/mol. The lowest BCUT2D eigenvalue weighted by molar-refractivity contribution is 0.527. The van der Waals surface area contributed by atoms with Gasteiger partial charge in [-0.3, -0.25) is 4.57 Å². The highest BCUT2D eigenvalue weighted by Crippen LogP contribution is 2.19. The number of hydrogen-bond acceptors (Lipinski definition) is 5. The van der Waals surface area contributed by atoms with Crippen LogP contribution in [0.2, 0.25) is 0 Å². The molecular weight excluding hydrogens is 256 g/mol. The van der Waals surface area contributed by atoms with Gasteiger partial charge in [0.1, 0.15) is 0 Å². The van der Waals surface area contributed by atoms with Gasteiger partial charge in [-0.1, -0.05) is 0 Å². The molecule has 0 aliphatic rings. The van der Waals surface area contributed by atoms with Crippen molar-refractivity contribution < 1.29 is 12.8 Å². The number of nitriles is 1. The van der Waals surface area contributed by atoms with E-state index in [0.717, 1.165) is 0 Å². The Labute approximate surface area is 103 Å². The van der Waals surface area contributed by atoms with Gasteiger partial charge in [-0.2, -0.15) is 5.26 Å². The Balaban J connectivity index is 2.55. The molecule has 0 unspecified atom stereocenters. The summed E-state index contributed by atoms with van der Waals surface area (Å²) in [7, 11) is -1.97. The highest BCUT2D eigenvalue weighted by Gasteiger charge is 2.16. The molecule has 2 aromatic rings. The van der Waals surface area contributed by atoms with E-state index in [1.807, 2.05) is 0 Å². The van der Waals surface area contributed by atoms with Crippen LogP contribution in [0, 0.1) is 11.3 Å². The summed E-state index contributed by atoms with van der Waals surface area (Å²) in [4.78, 5) is 11.3. The minimum Gasteiger partial charge on any atom is -0.408 e. The molecule has 0 radical (unpaired) electrons. The Morgan fingerprint density at radius 1 is 1.44 bits per heavy atom. The molecule has 0 atom stereocenters. The van der Waals surface area contributed by atoms with Gasteiger partial charge < -0.3 is 4.42 Å². The average Bonchev–Trinajstić information content (AvgIpc) is 2.62. The number of aryl methyl sites for hydroxylation is 1. The molecule has 2 rings (SSSR count). The number of aromatic nitrogens is 1. The van der Waals surface area contributed by atoms with Crippen molar-refractivity contribution in [3.63, 3.8) is 0 Å². The molecule has 0 bridgehead atoms. The van der Waals surface area contributed by atoms with Gasteiger partial charge >= 0.3 is 5.76 Å². The fourth-order valence-corrected chi connectivity index (χ4v) is 2.76. The molecule has 7 heteroatoms. The maximum atomic E-state index is 11.8. The molecule has 0 spiro atoms. The Morgan fingerprint density at radius 2 is 2.17 bits per heavy atom. The van der Waals surface area contributed by atoms with E-state index < -0.39 is 15.6 Å². The van der Waals surface area contributed by atoms with Crippen molar-refractivity contribution in [2.45, 2.75) is 11.3 Å². The van der Waals surface area contributed by atoms with Crippen LogP contribution in [0.1, 0.15) is 6.42 Å². The maximum absolute atomic E-state index is 11.8. The molecule has 1 aromatic carbocycles. The van der Waals surface area contributed by atoms with E-state index in [9.17, 15) is 13.2 Å². The third kappa shape index (κ3) is 2.02. The van der Waals surface area contributed by atoms with Crippen molar-refractivity contribution in [3.8, 4) is 6.07 Å². The molecular formula is C11H10N2O4S. The van der Waals surface area contributed by atoms with Gasteiger partial charge in [0.2, 0.25) is 0 Å². The van der Waals surface area contributed by atoms with E-state index in [0.29, 0.717) is 5.52 Å². The quantitative estimate of drug-likeness (QED) is 0.819. The summed E-state index contributed by atoms with van der Waals surface area (Å²) in [5, 5.41) is 8.41. The zero-order chi connectivity index (χ0) is 13.3. The highest BCUT2D eigenvalue weighted by molar-refractivity contribution is 7.91. The normalized spacial score (nSPS) is 11.6. The Hall–Kier alpha value is -2.07. The van der Waals surface area contributed by atoms with Crippen LogP contribution in [0.4, 0.5) is 0 Å². The monoisotopic (exact) mass is 266 g/mol. The second-order valence-electron chi connectivity index (χ2n) is 3.78. The van der Waals surface area contributed by atoms with Gasteiger partial charge in [0.15, 0.2) is 15.4 Å². The SMILES string of the molecule is Cn1c(=O)oc2cc(S(=O)(=O)CCC#N)ccc21. The first-order valence-electron chi connectivity index (χ1n) is 5.15. The lowest BCUT2D eigenvalue weighted by Gasteiger charge is -2.01. The third-order valence-electron chi connectivity index (χ3n) is 2.61. The van der Waals surface area contributed by atoms with E-state index >= 15 is 0 Å². The predicted molar refractivity (Wildman–Crippen MR) is 63.7 cm³/mol. The van der Waals surface area contributed by atoms with Crippen LogP contribution in [0.15, 0.2) is 32.3 Å². The van der Waals surface area contributed by atoms with Crippen LogP contribution in [-0.4, -0.2) is 18.7 Å². The van der Waals surface area contributed by atoms with Crippen molar-refractivity contribution in [2.24, 2.45) is 7.05 Å². The second-order valence-corrected chi connectivity index (χ2v) is 5.89. The van der Waals surface area contributed by atoms with Gasteiger partial charge in [0.05, 0.1) is 22.2 Å². The summed E-state index contributed by atoms with van der Waals surface area (Å²) in [5.41, 5.74) is 0.750. The molecule has 0 amide bonds. The summed E-state index contributed by atoms with van der Waals surface area (Å²) >= 11 is 0. The largest absolute Gasteiger partial charge is 0.419 e. The van der Waals surface area contributed by atoms with Gasteiger partial charge in [0, 0.05) is 19.5 Å². The van der Waals surface area contributed by atoms with E-state index in [1.54, 1.807) is 6.07 Å². The van der Waals surface area contributed by atoms with E-state index in [2.05, 4.69) is 0 Å². The van der Waals surface area contributed by atoms with Crippen LogP contribution in [0.25, 0.3) is 11.1 Å². The lowest BCUT2D eigenvalue weighted by Crippen LogP contribution is -2.08. The number of nitrogens with zero attached hydrogens (tertiary/aromatic N) is 2. The number of fused-ring (bicyclic) bond motifs is 1. The Morgan fingerprint density at radius 3 is 2.83 bits per heavy atom. The van der Waals surface area contributed by atoms with Crippen LogP contribution in [0.5, 0.6) is 0 Å². The lowest BCUT2D eigenvalue weighted by atomic mass is 10.3. The van der Waals surface area contributed by atoms with Crippen molar-refractivity contribution in [2.75, 3.05) is 5.75 Å². The predicted octanol–water partition coefficient (Wildman–Crippen LogP) is 0.819. The molecule has 6 nitrogen and oxygen atoms in total. The highest BCUT2D eigenvalue weighted by atomic mass is 32.2. The second kappa shape index (κ2) is 4.31. The summed E-state index contributed by atoms with van der Waals surface area (Å²) in [5.74, 6) is -0.789. The first-order chi connectivity index (χ1) is 8.45. The standard InChI is InChI=1S/C11H10N2O4S/c1-13-9-4-3-8(7-10(9)17-11(13)14)18(15,16)6-2-5-12/h3-4,7H,2,6H2,1H3. The van der Waals surface area contributed by atoms with Crippen LogP contribution >= 0.6 is 0 Å². The molecule has 1 aromatic heterocycles. The van der Waals surface area contributed by atoms with E-state index in [1.165, 1.54) is 29.8 Å². The summed E-state index contributed by atoms with van der Waals surface area (Å²) in [6, 6.07) is 6.02. The van der Waals surface area contributed by atoms with Crippen molar-refractivity contribution in [1.82, 2.24) is 4.57 Å². The molecule has 18 heavy (non-hydrogen) atoms. The summed E-state index contributed by atoms with van der Waals surface area (Å²) < 4.78 is 29.9. The van der Waals surface area contributed by atoms with Crippen molar-refractivity contribution in [3.05, 3.63) is 28.7 Å². The van der Waals surface area contributed by atoms with Gasteiger partial charge in [-0.05, 0) is 12.1 Å². The van der Waals surface area contributed by atoms with E-state index in [4.69, 9.17) is 9.68 Å². The van der Waals surface area contributed by atoms with Crippen LogP contribution < -0.4 is 5.76 Å². The molecule has 0 N–H and O–H groups in total. The number of oxazole rings is 1. The smallest absolute Gasteiger partial charge is 0.408 e. The van der Waals surface area contributed by atoms with Gasteiger partial charge in [0.25, 0.3) is 0 Å². The molecule has 0 saturated carbocycles. The van der Waals surface area contributed by atoms with Crippen molar-refractivity contribution >= 4 is 20.9 Å².